The van der Waals surface area contributed by atoms with E-state index in [0.29, 0.717) is 33.9 Å². The number of carbonyl (C=O) groups is 1. The summed E-state index contributed by atoms with van der Waals surface area (Å²) in [5.41, 5.74) is 2.34. The second-order valence-corrected chi connectivity index (χ2v) is 11.3. The van der Waals surface area contributed by atoms with Crippen LogP contribution in [0.5, 0.6) is 0 Å². The number of H-pyrrole nitrogens is 1. The average molecular weight is 679 g/mol. The Morgan fingerprint density at radius 3 is 1.78 bits per heavy atom. The zero-order valence-electron chi connectivity index (χ0n) is 26.3. The largest absolute Gasteiger partial charge is 1.00 e. The molecule has 204 valence electrons. The van der Waals surface area contributed by atoms with Crippen LogP contribution >= 0.6 is 0 Å². The van der Waals surface area contributed by atoms with Gasteiger partial charge in [0.2, 0.25) is 0 Å². The van der Waals surface area contributed by atoms with E-state index >= 15 is 0 Å². The molecular formula is C24H25K3N4O8S2. The van der Waals surface area contributed by atoms with E-state index in [-0.39, 0.29) is 174 Å². The van der Waals surface area contributed by atoms with Crippen LogP contribution in [0.25, 0.3) is 11.3 Å². The molecule has 12 nitrogen and oxygen atoms in total. The summed E-state index contributed by atoms with van der Waals surface area (Å²) in [5, 5.41) is 8.25. The minimum absolute atomic E-state index is 0. The van der Waals surface area contributed by atoms with Crippen LogP contribution in [-0.4, -0.2) is 47.3 Å². The maximum absolute atomic E-state index is 13.1. The number of nitrogens with zero attached hydrogens (tertiary/aromatic N) is 3. The summed E-state index contributed by atoms with van der Waals surface area (Å²) in [6, 6.07) is 10.1. The van der Waals surface area contributed by atoms with Crippen LogP contribution in [0.3, 0.4) is 0 Å². The minimum Gasteiger partial charge on any atom is -1.00 e. The third-order valence-corrected chi connectivity index (χ3v) is 7.54. The second-order valence-electron chi connectivity index (χ2n) is 8.42. The van der Waals surface area contributed by atoms with Gasteiger partial charge in [-0.25, -0.2) is 4.68 Å². The summed E-state index contributed by atoms with van der Waals surface area (Å²) in [4.78, 5) is 25.5. The topological polar surface area (TPSA) is 179 Å². The number of hydrogen-bond acceptors (Lipinski definition) is 7. The third kappa shape index (κ3) is 9.18. The van der Waals surface area contributed by atoms with Crippen LogP contribution < -0.4 is 165 Å². The van der Waals surface area contributed by atoms with Crippen molar-refractivity contribution in [1.82, 2.24) is 9.78 Å². The molecule has 0 saturated heterocycles. The number of amides is 1. The molecule has 1 amide bonds. The number of carbonyl (C=O) groups excluding carboxylic acids is 1. The predicted molar refractivity (Wildman–Crippen MR) is 143 cm³/mol. The Morgan fingerprint density at radius 1 is 0.854 bits per heavy atom. The van der Waals surface area contributed by atoms with Crippen LogP contribution in [0.15, 0.2) is 85.9 Å². The van der Waals surface area contributed by atoms with Crippen molar-refractivity contribution >= 4 is 43.1 Å². The van der Waals surface area contributed by atoms with Crippen molar-refractivity contribution < 1.29 is 189 Å². The third-order valence-electron chi connectivity index (χ3n) is 5.80. The Morgan fingerprint density at radius 2 is 1.32 bits per heavy atom. The van der Waals surface area contributed by atoms with E-state index in [1.165, 1.54) is 47.2 Å². The van der Waals surface area contributed by atoms with Crippen molar-refractivity contribution in [2.75, 3.05) is 5.01 Å². The number of hydrogen-bond donors (Lipinski definition) is 3. The molecule has 0 radical (unpaired) electrons. The summed E-state index contributed by atoms with van der Waals surface area (Å²) < 4.78 is 64.6. The first-order valence-electron chi connectivity index (χ1n) is 10.9. The number of anilines is 1. The molecule has 3 N–H and O–H groups in total. The zero-order chi connectivity index (χ0) is 28.0. The maximum atomic E-state index is 13.1. The smallest absolute Gasteiger partial charge is 1.00 e. The van der Waals surface area contributed by atoms with E-state index in [1.807, 2.05) is 0 Å². The number of rotatable bonds is 6. The Bertz CT molecular complexity index is 1840. The molecule has 0 spiro atoms. The SMILES string of the molecule is CC(=CC=C1C(=O)N(c2ccc(S(=O)(=O)O)cc2)N=C1C)c1c(C)[nH]n(-c2ccc(S(=O)(=O)O)cc2)c1=O.[H-].[H-].[H-].[K+].[K+].[K+]. The molecule has 2 aromatic carbocycles. The fourth-order valence-corrected chi connectivity index (χ4v) is 4.86. The molecule has 1 aliphatic rings. The molecule has 2 heterocycles. The number of nitrogens with one attached hydrogen (secondary N) is 1. The zero-order valence-corrected chi connectivity index (χ0v) is 34.3. The number of aryl methyl sites for hydroxylation is 1. The molecule has 1 aliphatic heterocycles. The first-order chi connectivity index (χ1) is 17.7. The fraction of sp³-hybridized carbons (Fsp3) is 0.125. The van der Waals surface area contributed by atoms with Gasteiger partial charge in [0, 0.05) is 5.69 Å². The number of hydrazone groups is 1. The summed E-state index contributed by atoms with van der Waals surface area (Å²) in [5.74, 6) is -0.465. The molecule has 0 unspecified atom stereocenters. The van der Waals surface area contributed by atoms with Gasteiger partial charge in [0.1, 0.15) is 0 Å². The van der Waals surface area contributed by atoms with Gasteiger partial charge in [-0.2, -0.15) is 26.9 Å². The maximum Gasteiger partial charge on any atom is 1.00 e. The van der Waals surface area contributed by atoms with E-state index in [2.05, 4.69) is 10.2 Å². The Balaban J connectivity index is -0.00000280. The van der Waals surface area contributed by atoms with E-state index in [0.717, 1.165) is 17.1 Å². The molecule has 0 fully saturated rings. The molecule has 41 heavy (non-hydrogen) atoms. The molecule has 1 aromatic heterocycles. The van der Waals surface area contributed by atoms with Crippen molar-refractivity contribution in [2.24, 2.45) is 5.10 Å². The Hall–Kier alpha value is 0.799. The Kier molecular flexibility index (Phi) is 15.4. The van der Waals surface area contributed by atoms with Gasteiger partial charge in [0.25, 0.3) is 31.7 Å². The van der Waals surface area contributed by atoms with Crippen molar-refractivity contribution in [3.8, 4) is 5.69 Å². The van der Waals surface area contributed by atoms with Crippen molar-refractivity contribution in [3.63, 3.8) is 0 Å². The van der Waals surface area contributed by atoms with Crippen molar-refractivity contribution in [1.29, 1.82) is 0 Å². The standard InChI is InChI=1S/C24H22N4O8S2.3K.3H/c1-14(22-16(3)26-28(24(22)30)18-7-11-20(12-8-18)38(34,35)36)4-13-21-15(2)25-27(23(21)29)17-5-9-19(10-6-17)37(31,32)33;;;;;;/h4-13,26H,1-3H3,(H,31,32,33)(H,34,35,36);;;;;;/q;3*+1;3*-1. The van der Waals surface area contributed by atoms with Crippen LogP contribution in [-0.2, 0) is 25.0 Å². The van der Waals surface area contributed by atoms with Crippen LogP contribution in [0.4, 0.5) is 5.69 Å². The van der Waals surface area contributed by atoms with Gasteiger partial charge in [-0.3, -0.25) is 23.8 Å². The normalized spacial score (nSPS) is 14.7. The fourth-order valence-electron chi connectivity index (χ4n) is 3.90. The number of benzene rings is 2. The van der Waals surface area contributed by atoms with Crippen molar-refractivity contribution in [3.05, 3.63) is 87.9 Å². The molecule has 3 aromatic rings. The number of aromatic nitrogens is 2. The molecule has 4 rings (SSSR count). The van der Waals surface area contributed by atoms with Gasteiger partial charge in [-0.1, -0.05) is 6.08 Å². The molecule has 0 bridgehead atoms. The molecule has 17 heteroatoms. The number of aromatic amines is 1. The van der Waals surface area contributed by atoms with E-state index in [9.17, 15) is 26.4 Å². The quantitative estimate of drug-likeness (QED) is 0.131. The van der Waals surface area contributed by atoms with Gasteiger partial charge in [0.15, 0.2) is 0 Å². The summed E-state index contributed by atoms with van der Waals surface area (Å²) in [6.07, 6.45) is 3.13. The monoisotopic (exact) mass is 678 g/mol. The van der Waals surface area contributed by atoms with Gasteiger partial charge >= 0.3 is 154 Å². The first-order valence-corrected chi connectivity index (χ1v) is 13.8. The van der Waals surface area contributed by atoms with Gasteiger partial charge in [-0.05, 0) is 81.0 Å². The molecule has 0 aliphatic carbocycles. The second kappa shape index (κ2) is 15.9. The molecular weight excluding hydrogens is 654 g/mol. The minimum atomic E-state index is -4.38. The van der Waals surface area contributed by atoms with Crippen LogP contribution in [0.1, 0.15) is 29.4 Å². The molecule has 0 saturated carbocycles. The number of allylic oxidation sites excluding steroid dienone is 3. The first kappa shape index (κ1) is 39.8. The van der Waals surface area contributed by atoms with Crippen molar-refractivity contribution in [2.45, 2.75) is 30.6 Å². The van der Waals surface area contributed by atoms with E-state index in [1.54, 1.807) is 26.8 Å². The summed E-state index contributed by atoms with van der Waals surface area (Å²) in [7, 11) is -8.75. The van der Waals surface area contributed by atoms with Gasteiger partial charge in [-0.15, -0.1) is 0 Å². The summed E-state index contributed by atoms with van der Waals surface area (Å²) >= 11 is 0. The van der Waals surface area contributed by atoms with Gasteiger partial charge < -0.3 is 4.28 Å². The van der Waals surface area contributed by atoms with E-state index < -0.39 is 31.7 Å². The molecule has 0 atom stereocenters. The van der Waals surface area contributed by atoms with Crippen LogP contribution in [0, 0.1) is 6.92 Å². The van der Waals surface area contributed by atoms with E-state index in [4.69, 9.17) is 9.11 Å². The average Bonchev–Trinajstić information content (AvgIpc) is 3.30. The predicted octanol–water partition coefficient (Wildman–Crippen LogP) is -5.93. The van der Waals surface area contributed by atoms with Crippen LogP contribution in [0.2, 0.25) is 0 Å². The van der Waals surface area contributed by atoms with Gasteiger partial charge in [0.05, 0.1) is 38.0 Å². The Labute approximate surface area is 368 Å². The summed E-state index contributed by atoms with van der Waals surface area (Å²) in [6.45, 7) is 5.01.